The van der Waals surface area contributed by atoms with E-state index in [9.17, 15) is 4.79 Å². The van der Waals surface area contributed by atoms with Crippen LogP contribution in [0.25, 0.3) is 16.9 Å². The fourth-order valence-electron chi connectivity index (χ4n) is 3.85. The summed E-state index contributed by atoms with van der Waals surface area (Å²) in [6.07, 6.45) is 4.20. The molecule has 1 aliphatic heterocycles. The Morgan fingerprint density at radius 3 is 2.46 bits per heavy atom. The molecule has 0 amide bonds. The molecule has 2 aromatic heterocycles. The number of methoxy groups -OCH3 is 2. The van der Waals surface area contributed by atoms with E-state index in [0.29, 0.717) is 28.8 Å². The number of benzene rings is 1. The maximum atomic E-state index is 12.8. The normalized spacial score (nSPS) is 15.7. The van der Waals surface area contributed by atoms with Gasteiger partial charge in [-0.05, 0) is 68.7 Å². The van der Waals surface area contributed by atoms with Crippen LogP contribution in [0.15, 0.2) is 47.4 Å². The van der Waals surface area contributed by atoms with Crippen LogP contribution >= 0.6 is 0 Å². The third-order valence-corrected chi connectivity index (χ3v) is 5.55. The molecule has 1 aromatic carbocycles. The van der Waals surface area contributed by atoms with Crippen LogP contribution < -0.4 is 15.0 Å². The van der Waals surface area contributed by atoms with Gasteiger partial charge >= 0.3 is 0 Å². The number of ether oxygens (including phenoxy) is 2. The topological polar surface area (TPSA) is 56.1 Å². The van der Waals surface area contributed by atoms with Crippen LogP contribution in [0.3, 0.4) is 0 Å². The van der Waals surface area contributed by atoms with Gasteiger partial charge in [-0.15, -0.1) is 0 Å². The van der Waals surface area contributed by atoms with Crippen molar-refractivity contribution in [3.8, 4) is 22.8 Å². The van der Waals surface area contributed by atoms with Crippen LogP contribution in [0.5, 0.6) is 11.5 Å². The molecule has 3 aromatic rings. The molecule has 6 nitrogen and oxygen atoms in total. The van der Waals surface area contributed by atoms with Crippen LogP contribution in [0.1, 0.15) is 24.3 Å². The monoisotopic (exact) mass is 379 g/mol. The molecular weight excluding hydrogens is 354 g/mol. The summed E-state index contributed by atoms with van der Waals surface area (Å²) >= 11 is 0. The number of pyridine rings is 1. The lowest BCUT2D eigenvalue weighted by molar-refractivity contribution is 0.255. The highest BCUT2D eigenvalue weighted by molar-refractivity contribution is 5.65. The molecule has 0 bridgehead atoms. The van der Waals surface area contributed by atoms with Crippen molar-refractivity contribution in [2.45, 2.75) is 18.8 Å². The Labute approximate surface area is 164 Å². The largest absolute Gasteiger partial charge is 0.493 e. The average molecular weight is 379 g/mol. The Balaban J connectivity index is 1.71. The molecule has 28 heavy (non-hydrogen) atoms. The number of nitrogens with zero attached hydrogens (tertiary/aromatic N) is 3. The standard InChI is InChI=1S/C22H25N3O3/c1-24-10-8-15(9-11-24)17-5-7-21-23-18(13-22(26)25(21)14-17)16-4-6-19(27-2)20(12-16)28-3/h4-7,12-15H,8-11H2,1-3H3. The highest BCUT2D eigenvalue weighted by Gasteiger charge is 2.19. The molecule has 0 aliphatic carbocycles. The Morgan fingerprint density at radius 1 is 1.00 bits per heavy atom. The summed E-state index contributed by atoms with van der Waals surface area (Å²) in [5.74, 6) is 1.75. The predicted molar refractivity (Wildman–Crippen MR) is 109 cm³/mol. The van der Waals surface area contributed by atoms with E-state index in [1.54, 1.807) is 24.7 Å². The van der Waals surface area contributed by atoms with Gasteiger partial charge < -0.3 is 14.4 Å². The van der Waals surface area contributed by atoms with Gasteiger partial charge in [0, 0.05) is 17.8 Å². The molecule has 3 heterocycles. The molecule has 0 spiro atoms. The van der Waals surface area contributed by atoms with E-state index < -0.39 is 0 Å². The minimum Gasteiger partial charge on any atom is -0.493 e. The summed E-state index contributed by atoms with van der Waals surface area (Å²) in [6, 6.07) is 11.2. The molecule has 0 radical (unpaired) electrons. The van der Waals surface area contributed by atoms with Crippen molar-refractivity contribution < 1.29 is 9.47 Å². The molecular formula is C22H25N3O3. The molecule has 0 unspecified atom stereocenters. The number of hydrogen-bond donors (Lipinski definition) is 0. The fraction of sp³-hybridized carbons (Fsp3) is 0.364. The second-order valence-electron chi connectivity index (χ2n) is 7.32. The van der Waals surface area contributed by atoms with E-state index in [-0.39, 0.29) is 5.56 Å². The van der Waals surface area contributed by atoms with Crippen LogP contribution in [0.4, 0.5) is 0 Å². The van der Waals surface area contributed by atoms with Gasteiger partial charge in [-0.1, -0.05) is 6.07 Å². The number of piperidine rings is 1. The van der Waals surface area contributed by atoms with Crippen LogP contribution in [0.2, 0.25) is 0 Å². The first-order valence-electron chi connectivity index (χ1n) is 9.53. The van der Waals surface area contributed by atoms with E-state index in [1.165, 1.54) is 5.56 Å². The summed E-state index contributed by atoms with van der Waals surface area (Å²) < 4.78 is 12.3. The van der Waals surface area contributed by atoms with Gasteiger partial charge in [-0.3, -0.25) is 9.20 Å². The minimum absolute atomic E-state index is 0.0791. The van der Waals surface area contributed by atoms with Gasteiger partial charge in [0.1, 0.15) is 5.65 Å². The SMILES string of the molecule is COc1ccc(-c2cc(=O)n3cc(C4CCN(C)CC4)ccc3n2)cc1OC. The number of hydrogen-bond acceptors (Lipinski definition) is 5. The van der Waals surface area contributed by atoms with Gasteiger partial charge in [0.25, 0.3) is 5.56 Å². The molecule has 1 saturated heterocycles. The summed E-state index contributed by atoms with van der Waals surface area (Å²) in [7, 11) is 5.34. The molecule has 0 atom stereocenters. The highest BCUT2D eigenvalue weighted by Crippen LogP contribution is 2.32. The summed E-state index contributed by atoms with van der Waals surface area (Å²) in [5.41, 5.74) is 3.22. The van der Waals surface area contributed by atoms with E-state index in [0.717, 1.165) is 31.5 Å². The zero-order valence-electron chi connectivity index (χ0n) is 16.5. The summed E-state index contributed by atoms with van der Waals surface area (Å²) in [6.45, 7) is 2.18. The minimum atomic E-state index is -0.0791. The lowest BCUT2D eigenvalue weighted by Gasteiger charge is -2.29. The highest BCUT2D eigenvalue weighted by atomic mass is 16.5. The average Bonchev–Trinajstić information content (AvgIpc) is 2.73. The van der Waals surface area contributed by atoms with E-state index in [2.05, 4.69) is 18.0 Å². The molecule has 146 valence electrons. The quantitative estimate of drug-likeness (QED) is 0.697. The maximum Gasteiger partial charge on any atom is 0.258 e. The van der Waals surface area contributed by atoms with Crippen molar-refractivity contribution in [1.29, 1.82) is 0 Å². The van der Waals surface area contributed by atoms with Crippen LogP contribution in [0, 0.1) is 0 Å². The van der Waals surface area contributed by atoms with E-state index in [1.807, 2.05) is 30.5 Å². The van der Waals surface area contributed by atoms with Gasteiger partial charge in [0.15, 0.2) is 11.5 Å². The van der Waals surface area contributed by atoms with E-state index in [4.69, 9.17) is 14.5 Å². The van der Waals surface area contributed by atoms with Crippen molar-refractivity contribution in [2.75, 3.05) is 34.4 Å². The lowest BCUT2D eigenvalue weighted by Crippen LogP contribution is -2.29. The zero-order chi connectivity index (χ0) is 19.7. The molecule has 1 aliphatic rings. The maximum absolute atomic E-state index is 12.8. The lowest BCUT2D eigenvalue weighted by atomic mass is 9.91. The predicted octanol–water partition coefficient (Wildman–Crippen LogP) is 3.19. The number of rotatable bonds is 4. The first kappa shape index (κ1) is 18.5. The Kier molecular flexibility index (Phi) is 5.05. The molecule has 1 fully saturated rings. The number of fused-ring (bicyclic) bond motifs is 1. The Hall–Kier alpha value is -2.86. The second kappa shape index (κ2) is 7.64. The van der Waals surface area contributed by atoms with Crippen LogP contribution in [-0.2, 0) is 0 Å². The van der Waals surface area contributed by atoms with Gasteiger partial charge in [0.2, 0.25) is 0 Å². The molecule has 0 saturated carbocycles. The second-order valence-corrected chi connectivity index (χ2v) is 7.32. The smallest absolute Gasteiger partial charge is 0.258 e. The molecule has 6 heteroatoms. The summed E-state index contributed by atoms with van der Waals surface area (Å²) in [5, 5.41) is 0. The fourth-order valence-corrected chi connectivity index (χ4v) is 3.85. The van der Waals surface area contributed by atoms with Crippen molar-refractivity contribution >= 4 is 5.65 Å². The van der Waals surface area contributed by atoms with E-state index >= 15 is 0 Å². The number of likely N-dealkylation sites (tertiary alicyclic amines) is 1. The van der Waals surface area contributed by atoms with Crippen LogP contribution in [-0.4, -0.2) is 48.6 Å². The first-order valence-corrected chi connectivity index (χ1v) is 9.53. The zero-order valence-corrected chi connectivity index (χ0v) is 16.5. The molecule has 0 N–H and O–H groups in total. The van der Waals surface area contributed by atoms with Gasteiger partial charge in [-0.2, -0.15) is 0 Å². The van der Waals surface area contributed by atoms with Crippen molar-refractivity contribution in [1.82, 2.24) is 14.3 Å². The third kappa shape index (κ3) is 3.47. The first-order chi connectivity index (χ1) is 13.6. The third-order valence-electron chi connectivity index (χ3n) is 5.55. The summed E-state index contributed by atoms with van der Waals surface area (Å²) in [4.78, 5) is 19.8. The van der Waals surface area contributed by atoms with Crippen molar-refractivity contribution in [2.24, 2.45) is 0 Å². The Bertz CT molecular complexity index is 1050. The van der Waals surface area contributed by atoms with Gasteiger partial charge in [-0.25, -0.2) is 4.98 Å². The van der Waals surface area contributed by atoms with Gasteiger partial charge in [0.05, 0.1) is 19.9 Å². The number of aromatic nitrogens is 2. The molecule has 4 rings (SSSR count). The Morgan fingerprint density at radius 2 is 1.75 bits per heavy atom. The van der Waals surface area contributed by atoms with Crippen molar-refractivity contribution in [3.63, 3.8) is 0 Å². The van der Waals surface area contributed by atoms with Crippen molar-refractivity contribution in [3.05, 3.63) is 58.5 Å².